The van der Waals surface area contributed by atoms with Gasteiger partial charge in [-0.3, -0.25) is 19.4 Å². The van der Waals surface area contributed by atoms with E-state index >= 15 is 0 Å². The number of ether oxygens (including phenoxy) is 1. The molecule has 1 fully saturated rings. The van der Waals surface area contributed by atoms with E-state index in [-0.39, 0.29) is 22.8 Å². The standard InChI is InChI=1S/C22H23N3O3S2/c1-28-17-7-6-16(14-4-2-3-5-15(14)17)20-19-21(23-18(26)12-30-20)25(24-22(19)27)13-8-10-29-11-9-13/h2-7,13,20H,8-12H2,1H3,(H,23,26)(H,24,27)/t20-/m0/s1. The second-order valence-electron chi connectivity index (χ2n) is 7.56. The summed E-state index contributed by atoms with van der Waals surface area (Å²) in [5.74, 6) is 3.80. The van der Waals surface area contributed by atoms with Gasteiger partial charge in [-0.1, -0.05) is 30.3 Å². The number of aromatic nitrogens is 2. The molecule has 1 aromatic heterocycles. The topological polar surface area (TPSA) is 76.1 Å². The Hall–Kier alpha value is -2.32. The number of benzene rings is 2. The molecule has 0 saturated carbocycles. The van der Waals surface area contributed by atoms with Crippen molar-refractivity contribution in [3.8, 4) is 5.75 Å². The van der Waals surface area contributed by atoms with E-state index in [1.807, 2.05) is 46.8 Å². The molecule has 2 aliphatic heterocycles. The highest BCUT2D eigenvalue weighted by atomic mass is 32.2. The van der Waals surface area contributed by atoms with Crippen LogP contribution in [0.5, 0.6) is 5.75 Å². The van der Waals surface area contributed by atoms with E-state index < -0.39 is 0 Å². The molecule has 0 bridgehead atoms. The second kappa shape index (κ2) is 8.07. The normalized spacial score (nSPS) is 19.9. The number of hydrogen-bond acceptors (Lipinski definition) is 5. The zero-order chi connectivity index (χ0) is 20.7. The lowest BCUT2D eigenvalue weighted by Gasteiger charge is -2.24. The van der Waals surface area contributed by atoms with Crippen molar-refractivity contribution in [1.82, 2.24) is 9.78 Å². The summed E-state index contributed by atoms with van der Waals surface area (Å²) in [6, 6.07) is 12.2. The molecule has 5 rings (SSSR count). The van der Waals surface area contributed by atoms with Crippen molar-refractivity contribution in [2.75, 3.05) is 29.7 Å². The molecule has 0 unspecified atom stereocenters. The van der Waals surface area contributed by atoms with E-state index in [1.165, 1.54) is 11.8 Å². The molecule has 3 aromatic rings. The van der Waals surface area contributed by atoms with Gasteiger partial charge in [0.1, 0.15) is 11.6 Å². The maximum absolute atomic E-state index is 13.2. The first kappa shape index (κ1) is 19.6. The van der Waals surface area contributed by atoms with Gasteiger partial charge >= 0.3 is 0 Å². The summed E-state index contributed by atoms with van der Waals surface area (Å²) in [6.45, 7) is 0. The van der Waals surface area contributed by atoms with Crippen molar-refractivity contribution >= 4 is 46.0 Å². The number of amides is 1. The van der Waals surface area contributed by atoms with Crippen molar-refractivity contribution in [3.63, 3.8) is 0 Å². The summed E-state index contributed by atoms with van der Waals surface area (Å²) < 4.78 is 7.46. The molecule has 30 heavy (non-hydrogen) atoms. The van der Waals surface area contributed by atoms with Crippen molar-refractivity contribution in [2.24, 2.45) is 0 Å². The highest BCUT2D eigenvalue weighted by molar-refractivity contribution is 8.00. The average Bonchev–Trinajstić information content (AvgIpc) is 2.99. The van der Waals surface area contributed by atoms with Gasteiger partial charge in [-0.25, -0.2) is 0 Å². The van der Waals surface area contributed by atoms with Crippen molar-refractivity contribution in [1.29, 1.82) is 0 Å². The number of rotatable bonds is 3. The number of H-pyrrole nitrogens is 1. The van der Waals surface area contributed by atoms with E-state index in [0.29, 0.717) is 17.1 Å². The van der Waals surface area contributed by atoms with E-state index in [0.717, 1.165) is 46.4 Å². The third-order valence-electron chi connectivity index (χ3n) is 5.84. The molecule has 1 saturated heterocycles. The molecular weight excluding hydrogens is 418 g/mol. The molecule has 0 spiro atoms. The number of fused-ring (bicyclic) bond motifs is 2. The number of nitrogens with zero attached hydrogens (tertiary/aromatic N) is 1. The summed E-state index contributed by atoms with van der Waals surface area (Å²) in [7, 11) is 1.66. The maximum atomic E-state index is 13.2. The van der Waals surface area contributed by atoms with Crippen LogP contribution >= 0.6 is 23.5 Å². The van der Waals surface area contributed by atoms with Crippen LogP contribution in [0.25, 0.3) is 10.8 Å². The van der Waals surface area contributed by atoms with E-state index in [4.69, 9.17) is 4.74 Å². The van der Waals surface area contributed by atoms with Gasteiger partial charge in [0.2, 0.25) is 5.91 Å². The fraction of sp³-hybridized carbons (Fsp3) is 0.364. The van der Waals surface area contributed by atoms with Crippen molar-refractivity contribution in [2.45, 2.75) is 24.1 Å². The average molecular weight is 442 g/mol. The molecule has 8 heteroatoms. The van der Waals surface area contributed by atoms with E-state index in [9.17, 15) is 9.59 Å². The highest BCUT2D eigenvalue weighted by Crippen LogP contribution is 2.44. The van der Waals surface area contributed by atoms with Crippen molar-refractivity contribution in [3.05, 3.63) is 57.9 Å². The molecule has 156 valence electrons. The monoisotopic (exact) mass is 441 g/mol. The third-order valence-corrected chi connectivity index (χ3v) is 8.14. The van der Waals surface area contributed by atoms with Gasteiger partial charge in [0.05, 0.1) is 29.7 Å². The highest BCUT2D eigenvalue weighted by Gasteiger charge is 2.33. The van der Waals surface area contributed by atoms with Gasteiger partial charge in [0, 0.05) is 5.39 Å². The summed E-state index contributed by atoms with van der Waals surface area (Å²) >= 11 is 3.44. The van der Waals surface area contributed by atoms with Gasteiger partial charge in [-0.05, 0) is 41.4 Å². The molecule has 6 nitrogen and oxygen atoms in total. The number of thioether (sulfide) groups is 2. The van der Waals surface area contributed by atoms with Crippen LogP contribution in [-0.2, 0) is 4.79 Å². The predicted molar refractivity (Wildman–Crippen MR) is 124 cm³/mol. The van der Waals surface area contributed by atoms with Crippen LogP contribution in [0.1, 0.15) is 35.3 Å². The number of aromatic amines is 1. The molecule has 0 radical (unpaired) electrons. The molecule has 3 heterocycles. The maximum Gasteiger partial charge on any atom is 0.270 e. The molecule has 2 aromatic carbocycles. The largest absolute Gasteiger partial charge is 0.496 e. The second-order valence-corrected chi connectivity index (χ2v) is 9.88. The fourth-order valence-electron chi connectivity index (χ4n) is 4.41. The summed E-state index contributed by atoms with van der Waals surface area (Å²) in [5.41, 5.74) is 1.54. The smallest absolute Gasteiger partial charge is 0.270 e. The summed E-state index contributed by atoms with van der Waals surface area (Å²) in [4.78, 5) is 25.7. The van der Waals surface area contributed by atoms with Gasteiger partial charge in [-0.15, -0.1) is 11.8 Å². The van der Waals surface area contributed by atoms with E-state index in [2.05, 4.69) is 16.5 Å². The molecule has 1 amide bonds. The summed E-state index contributed by atoms with van der Waals surface area (Å²) in [5, 5.41) is 7.87. The van der Waals surface area contributed by atoms with Crippen LogP contribution < -0.4 is 15.6 Å². The van der Waals surface area contributed by atoms with Crippen molar-refractivity contribution < 1.29 is 9.53 Å². The van der Waals surface area contributed by atoms with Gasteiger partial charge in [0.15, 0.2) is 0 Å². The molecule has 1 atom stereocenters. The quantitative estimate of drug-likeness (QED) is 0.638. The SMILES string of the molecule is COc1ccc([C@@H]2SCC(=O)Nc3c2c(=O)[nH]n3C2CCSCC2)c2ccccc12. The molecule has 2 N–H and O–H groups in total. The Bertz CT molecular complexity index is 1160. The van der Waals surface area contributed by atoms with Crippen LogP contribution in [0.15, 0.2) is 41.2 Å². The van der Waals surface area contributed by atoms with Gasteiger partial charge < -0.3 is 10.1 Å². The Kier molecular flexibility index (Phi) is 5.28. The molecular formula is C22H23N3O3S2. The Morgan fingerprint density at radius 1 is 1.07 bits per heavy atom. The van der Waals surface area contributed by atoms with Gasteiger partial charge in [-0.2, -0.15) is 11.8 Å². The number of nitrogens with one attached hydrogen (secondary N) is 2. The number of carbonyl (C=O) groups is 1. The van der Waals surface area contributed by atoms with Crippen LogP contribution in [0.2, 0.25) is 0 Å². The van der Waals surface area contributed by atoms with Crippen LogP contribution in [0, 0.1) is 0 Å². The van der Waals surface area contributed by atoms with Gasteiger partial charge in [0.25, 0.3) is 5.56 Å². The number of methoxy groups -OCH3 is 1. The Labute approximate surface area is 182 Å². The fourth-order valence-corrected chi connectivity index (χ4v) is 6.65. The van der Waals surface area contributed by atoms with Crippen LogP contribution in [0.4, 0.5) is 5.82 Å². The lowest BCUT2D eigenvalue weighted by molar-refractivity contribution is -0.113. The minimum absolute atomic E-state index is 0.0699. The first-order valence-electron chi connectivity index (χ1n) is 10.1. The molecule has 2 aliphatic rings. The first-order chi connectivity index (χ1) is 14.7. The Balaban J connectivity index is 1.69. The third kappa shape index (κ3) is 3.32. The lowest BCUT2D eigenvalue weighted by Crippen LogP contribution is -2.22. The zero-order valence-corrected chi connectivity index (χ0v) is 18.3. The number of carbonyl (C=O) groups excluding carboxylic acids is 1. The Morgan fingerprint density at radius 2 is 1.83 bits per heavy atom. The minimum atomic E-state index is -0.238. The lowest BCUT2D eigenvalue weighted by atomic mass is 9.98. The first-order valence-corrected chi connectivity index (χ1v) is 12.3. The van der Waals surface area contributed by atoms with Crippen LogP contribution in [0.3, 0.4) is 0 Å². The summed E-state index contributed by atoms with van der Waals surface area (Å²) in [6.07, 6.45) is 1.97. The van der Waals surface area contributed by atoms with E-state index in [1.54, 1.807) is 7.11 Å². The molecule has 0 aliphatic carbocycles. The Morgan fingerprint density at radius 3 is 2.60 bits per heavy atom. The predicted octanol–water partition coefficient (Wildman–Crippen LogP) is 4.18. The minimum Gasteiger partial charge on any atom is -0.496 e. The number of anilines is 1. The number of hydrogen-bond donors (Lipinski definition) is 2. The zero-order valence-electron chi connectivity index (χ0n) is 16.6. The van der Waals surface area contributed by atoms with Crippen LogP contribution in [-0.4, -0.2) is 40.1 Å².